The summed E-state index contributed by atoms with van der Waals surface area (Å²) in [6, 6.07) is 9.68. The summed E-state index contributed by atoms with van der Waals surface area (Å²) in [5, 5.41) is 5.24. The third kappa shape index (κ3) is 6.03. The minimum absolute atomic E-state index is 0.153. The SMILES string of the molecule is CC(=O)NCc1ccc(C(=O)C(C)OC(=O)c2cccc(NC(C)=O)c2)s1. The zero-order chi connectivity index (χ0) is 20.0. The van der Waals surface area contributed by atoms with Gasteiger partial charge >= 0.3 is 5.97 Å². The molecule has 1 atom stereocenters. The summed E-state index contributed by atoms with van der Waals surface area (Å²) in [6.07, 6.45) is -0.964. The monoisotopic (exact) mass is 388 g/mol. The molecule has 0 radical (unpaired) electrons. The standard InChI is InChI=1S/C19H20N2O5S/c1-11(18(24)17-8-7-16(27-17)10-20-12(2)22)26-19(25)14-5-4-6-15(9-14)21-13(3)23/h4-9,11H,10H2,1-3H3,(H,20,22)(H,21,23). The summed E-state index contributed by atoms with van der Waals surface area (Å²) < 4.78 is 5.26. The Morgan fingerprint density at radius 2 is 1.81 bits per heavy atom. The highest BCUT2D eigenvalue weighted by Gasteiger charge is 2.22. The van der Waals surface area contributed by atoms with Crippen LogP contribution in [0.5, 0.6) is 0 Å². The van der Waals surface area contributed by atoms with Crippen LogP contribution >= 0.6 is 11.3 Å². The summed E-state index contributed by atoms with van der Waals surface area (Å²) in [7, 11) is 0. The van der Waals surface area contributed by atoms with E-state index in [-0.39, 0.29) is 23.2 Å². The van der Waals surface area contributed by atoms with Gasteiger partial charge in [-0.2, -0.15) is 0 Å². The molecule has 1 aromatic heterocycles. The Morgan fingerprint density at radius 3 is 2.48 bits per heavy atom. The summed E-state index contributed by atoms with van der Waals surface area (Å²) >= 11 is 1.24. The molecule has 2 rings (SSSR count). The van der Waals surface area contributed by atoms with Crippen LogP contribution < -0.4 is 10.6 Å². The molecule has 1 aromatic carbocycles. The molecule has 0 aliphatic heterocycles. The fourth-order valence-electron chi connectivity index (χ4n) is 2.23. The molecule has 0 saturated heterocycles. The van der Waals surface area contributed by atoms with Crippen molar-refractivity contribution >= 4 is 40.6 Å². The fraction of sp³-hybridized carbons (Fsp3) is 0.263. The Balaban J connectivity index is 2.00. The van der Waals surface area contributed by atoms with E-state index >= 15 is 0 Å². The van der Waals surface area contributed by atoms with E-state index in [1.807, 2.05) is 0 Å². The number of nitrogens with one attached hydrogen (secondary N) is 2. The molecule has 2 amide bonds. The van der Waals surface area contributed by atoms with Crippen LogP contribution in [0.4, 0.5) is 5.69 Å². The summed E-state index contributed by atoms with van der Waals surface area (Å²) in [4.78, 5) is 48.1. The van der Waals surface area contributed by atoms with Gasteiger partial charge in [0.15, 0.2) is 6.10 Å². The molecule has 0 spiro atoms. The van der Waals surface area contributed by atoms with Crippen LogP contribution in [0, 0.1) is 0 Å². The number of amides is 2. The summed E-state index contributed by atoms with van der Waals surface area (Å²) in [6.45, 7) is 4.64. The highest BCUT2D eigenvalue weighted by atomic mass is 32.1. The minimum Gasteiger partial charge on any atom is -0.451 e. The van der Waals surface area contributed by atoms with Gasteiger partial charge in [0.25, 0.3) is 0 Å². The summed E-state index contributed by atoms with van der Waals surface area (Å²) in [5.41, 5.74) is 0.704. The van der Waals surface area contributed by atoms with Gasteiger partial charge in [-0.3, -0.25) is 14.4 Å². The Hall–Kier alpha value is -3.00. The van der Waals surface area contributed by atoms with Crippen LogP contribution in [0.15, 0.2) is 36.4 Å². The van der Waals surface area contributed by atoms with Crippen LogP contribution in [-0.2, 0) is 20.9 Å². The van der Waals surface area contributed by atoms with Crippen molar-refractivity contribution in [3.05, 3.63) is 51.7 Å². The maximum Gasteiger partial charge on any atom is 0.338 e. The van der Waals surface area contributed by atoms with Gasteiger partial charge in [-0.1, -0.05) is 6.07 Å². The van der Waals surface area contributed by atoms with Crippen LogP contribution in [-0.4, -0.2) is 29.7 Å². The molecule has 7 nitrogen and oxygen atoms in total. The largest absolute Gasteiger partial charge is 0.451 e. The lowest BCUT2D eigenvalue weighted by atomic mass is 10.2. The Bertz CT molecular complexity index is 874. The van der Waals surface area contributed by atoms with E-state index < -0.39 is 12.1 Å². The van der Waals surface area contributed by atoms with Crippen molar-refractivity contribution in [1.29, 1.82) is 0 Å². The van der Waals surface area contributed by atoms with E-state index in [0.29, 0.717) is 17.1 Å². The number of hydrogen-bond acceptors (Lipinski definition) is 6. The molecule has 0 saturated carbocycles. The van der Waals surface area contributed by atoms with Crippen molar-refractivity contribution in [2.45, 2.75) is 33.4 Å². The first-order chi connectivity index (χ1) is 12.8. The minimum atomic E-state index is -0.964. The number of carbonyl (C=O) groups excluding carboxylic acids is 4. The zero-order valence-electron chi connectivity index (χ0n) is 15.2. The average Bonchev–Trinajstić information content (AvgIpc) is 3.07. The molecule has 1 unspecified atom stereocenters. The number of benzene rings is 1. The predicted octanol–water partition coefficient (Wildman–Crippen LogP) is 2.77. The van der Waals surface area contributed by atoms with Crippen molar-refractivity contribution < 1.29 is 23.9 Å². The molecular weight excluding hydrogens is 368 g/mol. The number of Topliss-reactive ketones (excluding diaryl/α,β-unsaturated/α-hetero) is 1. The molecule has 2 N–H and O–H groups in total. The molecule has 0 fully saturated rings. The number of rotatable bonds is 7. The molecular formula is C19H20N2O5S. The number of thiophene rings is 1. The first-order valence-electron chi connectivity index (χ1n) is 8.22. The number of hydrogen-bond donors (Lipinski definition) is 2. The third-order valence-electron chi connectivity index (χ3n) is 3.49. The lowest BCUT2D eigenvalue weighted by Crippen LogP contribution is -2.24. The van der Waals surface area contributed by atoms with E-state index in [1.54, 1.807) is 30.3 Å². The molecule has 27 heavy (non-hydrogen) atoms. The first-order valence-corrected chi connectivity index (χ1v) is 9.04. The number of anilines is 1. The Labute approximate surface area is 160 Å². The van der Waals surface area contributed by atoms with E-state index in [9.17, 15) is 19.2 Å². The molecule has 0 aliphatic carbocycles. The van der Waals surface area contributed by atoms with Gasteiger partial charge < -0.3 is 15.4 Å². The maximum absolute atomic E-state index is 12.5. The van der Waals surface area contributed by atoms with Crippen LogP contribution in [0.2, 0.25) is 0 Å². The number of ketones is 1. The van der Waals surface area contributed by atoms with Crippen LogP contribution in [0.25, 0.3) is 0 Å². The maximum atomic E-state index is 12.5. The highest BCUT2D eigenvalue weighted by molar-refractivity contribution is 7.14. The Morgan fingerprint density at radius 1 is 1.07 bits per heavy atom. The molecule has 0 aliphatic rings. The van der Waals surface area contributed by atoms with E-state index in [4.69, 9.17) is 4.74 Å². The van der Waals surface area contributed by atoms with Gasteiger partial charge in [-0.05, 0) is 37.3 Å². The quantitative estimate of drug-likeness (QED) is 0.561. The topological polar surface area (TPSA) is 102 Å². The van der Waals surface area contributed by atoms with Gasteiger partial charge in [0.05, 0.1) is 17.0 Å². The second kappa shape index (κ2) is 9.09. The molecule has 2 aromatic rings. The molecule has 8 heteroatoms. The van der Waals surface area contributed by atoms with Crippen molar-refractivity contribution in [3.63, 3.8) is 0 Å². The average molecular weight is 388 g/mol. The lowest BCUT2D eigenvalue weighted by Gasteiger charge is -2.12. The van der Waals surface area contributed by atoms with E-state index in [0.717, 1.165) is 4.88 Å². The van der Waals surface area contributed by atoms with Crippen molar-refractivity contribution in [3.8, 4) is 0 Å². The first kappa shape index (κ1) is 20.3. The van der Waals surface area contributed by atoms with Crippen molar-refractivity contribution in [2.75, 3.05) is 5.32 Å². The number of esters is 1. The third-order valence-corrected chi connectivity index (χ3v) is 4.59. The van der Waals surface area contributed by atoms with E-state index in [2.05, 4.69) is 10.6 Å². The number of ether oxygens (including phenoxy) is 1. The van der Waals surface area contributed by atoms with E-state index in [1.165, 1.54) is 38.2 Å². The summed E-state index contributed by atoms with van der Waals surface area (Å²) in [5.74, 6) is -1.38. The lowest BCUT2D eigenvalue weighted by molar-refractivity contribution is -0.119. The Kier molecular flexibility index (Phi) is 6.84. The highest BCUT2D eigenvalue weighted by Crippen LogP contribution is 2.20. The zero-order valence-corrected chi connectivity index (χ0v) is 16.0. The van der Waals surface area contributed by atoms with Crippen molar-refractivity contribution in [1.82, 2.24) is 5.32 Å². The van der Waals surface area contributed by atoms with Gasteiger partial charge in [0.1, 0.15) is 0 Å². The van der Waals surface area contributed by atoms with Gasteiger partial charge in [0.2, 0.25) is 17.6 Å². The second-order valence-corrected chi connectivity index (χ2v) is 7.02. The molecule has 0 bridgehead atoms. The fourth-order valence-corrected chi connectivity index (χ4v) is 3.19. The van der Waals surface area contributed by atoms with Crippen LogP contribution in [0.1, 0.15) is 45.7 Å². The van der Waals surface area contributed by atoms with Gasteiger partial charge in [-0.15, -0.1) is 11.3 Å². The normalized spacial score (nSPS) is 11.4. The molecule has 1 heterocycles. The molecule has 142 valence electrons. The second-order valence-electron chi connectivity index (χ2n) is 5.85. The number of carbonyl (C=O) groups is 4. The van der Waals surface area contributed by atoms with Gasteiger partial charge in [-0.25, -0.2) is 4.79 Å². The van der Waals surface area contributed by atoms with Gasteiger partial charge in [0, 0.05) is 24.4 Å². The smallest absolute Gasteiger partial charge is 0.338 e. The van der Waals surface area contributed by atoms with Crippen LogP contribution in [0.3, 0.4) is 0 Å². The predicted molar refractivity (Wildman–Crippen MR) is 102 cm³/mol. The van der Waals surface area contributed by atoms with Crippen molar-refractivity contribution in [2.24, 2.45) is 0 Å².